The van der Waals surface area contributed by atoms with Crippen molar-refractivity contribution in [3.63, 3.8) is 0 Å². The van der Waals surface area contributed by atoms with Crippen molar-refractivity contribution in [1.82, 2.24) is 4.98 Å². The summed E-state index contributed by atoms with van der Waals surface area (Å²) in [5.74, 6) is -0.655. The van der Waals surface area contributed by atoms with Crippen LogP contribution in [-0.2, 0) is 0 Å². The Morgan fingerprint density at radius 1 is 1.23 bits per heavy atom. The Bertz CT molecular complexity index is 1240. The van der Waals surface area contributed by atoms with Crippen LogP contribution in [0.1, 0.15) is 10.4 Å². The van der Waals surface area contributed by atoms with Crippen molar-refractivity contribution in [2.24, 2.45) is 0 Å². The molecule has 0 unspecified atom stereocenters. The summed E-state index contributed by atoms with van der Waals surface area (Å²) >= 11 is 1.08. The monoisotopic (exact) mass is 367 g/mol. The summed E-state index contributed by atoms with van der Waals surface area (Å²) in [6.07, 6.45) is 1.11. The van der Waals surface area contributed by atoms with Crippen LogP contribution in [0.3, 0.4) is 0 Å². The highest BCUT2D eigenvalue weighted by Crippen LogP contribution is 2.29. The number of anilines is 1. The molecule has 1 amide bonds. The quantitative estimate of drug-likeness (QED) is 0.437. The molecule has 0 aliphatic carbocycles. The van der Waals surface area contributed by atoms with Gasteiger partial charge in [-0.25, -0.2) is 4.98 Å². The number of carbonyl (C=O) groups excluding carboxylic acids is 1. The number of carbonyl (C=O) groups is 1. The molecule has 2 aromatic heterocycles. The van der Waals surface area contributed by atoms with Crippen molar-refractivity contribution in [2.75, 3.05) is 5.32 Å². The fourth-order valence-electron chi connectivity index (χ4n) is 2.48. The van der Waals surface area contributed by atoms with E-state index in [1.54, 1.807) is 24.3 Å². The Kier molecular flexibility index (Phi) is 3.70. The molecule has 0 aliphatic heterocycles. The zero-order chi connectivity index (χ0) is 18.3. The number of nitro groups is 1. The second kappa shape index (κ2) is 6.05. The lowest BCUT2D eigenvalue weighted by molar-refractivity contribution is -0.384. The molecule has 0 fully saturated rings. The van der Waals surface area contributed by atoms with E-state index in [9.17, 15) is 19.7 Å². The fraction of sp³-hybridized carbons (Fsp3) is 0. The van der Waals surface area contributed by atoms with Gasteiger partial charge in [-0.3, -0.25) is 25.0 Å². The number of hydrogen-bond acceptors (Lipinski definition) is 7. The van der Waals surface area contributed by atoms with Gasteiger partial charge in [0.1, 0.15) is 17.4 Å². The lowest BCUT2D eigenvalue weighted by Crippen LogP contribution is -2.21. The highest BCUT2D eigenvalue weighted by atomic mass is 32.1. The molecule has 8 nitrogen and oxygen atoms in total. The van der Waals surface area contributed by atoms with Crippen LogP contribution < -0.4 is 10.7 Å². The van der Waals surface area contributed by atoms with Gasteiger partial charge in [0.25, 0.3) is 11.6 Å². The first kappa shape index (κ1) is 15.9. The van der Waals surface area contributed by atoms with Gasteiger partial charge < -0.3 is 4.42 Å². The molecule has 1 N–H and O–H groups in total. The van der Waals surface area contributed by atoms with E-state index in [2.05, 4.69) is 10.3 Å². The molecule has 0 saturated heterocycles. The molecule has 0 aliphatic rings. The molecule has 26 heavy (non-hydrogen) atoms. The number of fused-ring (bicyclic) bond motifs is 2. The first-order valence-corrected chi connectivity index (χ1v) is 8.21. The van der Waals surface area contributed by atoms with E-state index in [0.717, 1.165) is 17.6 Å². The zero-order valence-corrected chi connectivity index (χ0v) is 13.8. The number of nitrogens with one attached hydrogen (secondary N) is 1. The van der Waals surface area contributed by atoms with Crippen LogP contribution in [0.15, 0.2) is 57.9 Å². The van der Waals surface area contributed by atoms with Gasteiger partial charge in [-0.1, -0.05) is 23.5 Å². The van der Waals surface area contributed by atoms with Gasteiger partial charge in [0.05, 0.1) is 20.5 Å². The smallest absolute Gasteiger partial charge is 0.270 e. The molecule has 4 rings (SSSR count). The Balaban J connectivity index is 1.68. The van der Waals surface area contributed by atoms with Gasteiger partial charge in [0.2, 0.25) is 5.43 Å². The number of hydrogen-bond donors (Lipinski definition) is 1. The number of aromatic nitrogens is 1. The van der Waals surface area contributed by atoms with Gasteiger partial charge >= 0.3 is 0 Å². The van der Waals surface area contributed by atoms with E-state index < -0.39 is 16.3 Å². The molecular weight excluding hydrogens is 358 g/mol. The number of thiazole rings is 1. The van der Waals surface area contributed by atoms with Crippen molar-refractivity contribution in [2.45, 2.75) is 0 Å². The van der Waals surface area contributed by atoms with Crippen LogP contribution >= 0.6 is 11.3 Å². The van der Waals surface area contributed by atoms with E-state index in [1.165, 1.54) is 18.2 Å². The SMILES string of the molecule is O=C(Nc1nc2ccc([N+](=O)[O-])cc2s1)c1coc2ccccc2c1=O. The second-order valence-electron chi connectivity index (χ2n) is 5.36. The number of non-ortho nitro benzene ring substituents is 1. The van der Waals surface area contributed by atoms with E-state index >= 15 is 0 Å². The minimum atomic E-state index is -0.655. The van der Waals surface area contributed by atoms with Crippen molar-refractivity contribution < 1.29 is 14.1 Å². The average Bonchev–Trinajstić information content (AvgIpc) is 3.03. The Hall–Kier alpha value is -3.59. The van der Waals surface area contributed by atoms with E-state index in [4.69, 9.17) is 4.42 Å². The van der Waals surface area contributed by atoms with Crippen LogP contribution in [0.25, 0.3) is 21.2 Å². The maximum Gasteiger partial charge on any atom is 0.270 e. The van der Waals surface area contributed by atoms with Crippen LogP contribution in [0.4, 0.5) is 10.8 Å². The summed E-state index contributed by atoms with van der Waals surface area (Å²) in [4.78, 5) is 39.4. The molecule has 4 aromatic rings. The third-order valence-electron chi connectivity index (χ3n) is 3.73. The maximum atomic E-state index is 12.4. The van der Waals surface area contributed by atoms with E-state index in [-0.39, 0.29) is 16.4 Å². The summed E-state index contributed by atoms with van der Waals surface area (Å²) in [6, 6.07) is 10.9. The van der Waals surface area contributed by atoms with E-state index in [1.807, 2.05) is 0 Å². The van der Waals surface area contributed by atoms with Crippen molar-refractivity contribution in [3.8, 4) is 0 Å². The van der Waals surface area contributed by atoms with Crippen molar-refractivity contribution >= 4 is 49.2 Å². The van der Waals surface area contributed by atoms with Crippen LogP contribution in [0, 0.1) is 10.1 Å². The highest BCUT2D eigenvalue weighted by molar-refractivity contribution is 7.22. The molecule has 2 aromatic carbocycles. The number of benzene rings is 2. The lowest BCUT2D eigenvalue weighted by atomic mass is 10.1. The number of amides is 1. The van der Waals surface area contributed by atoms with Gasteiger partial charge in [-0.15, -0.1) is 0 Å². The molecule has 128 valence electrons. The molecule has 0 spiro atoms. The third kappa shape index (κ3) is 2.70. The van der Waals surface area contributed by atoms with Crippen LogP contribution in [0.2, 0.25) is 0 Å². The largest absolute Gasteiger partial charge is 0.463 e. The van der Waals surface area contributed by atoms with E-state index in [0.29, 0.717) is 21.2 Å². The standard InChI is InChI=1S/C17H9N3O5S/c21-15-10-3-1-2-4-13(10)25-8-11(15)16(22)19-17-18-12-6-5-9(20(23)24)7-14(12)26-17/h1-8H,(H,18,19,22). The molecule has 0 bridgehead atoms. The summed E-state index contributed by atoms with van der Waals surface area (Å²) in [5.41, 5.74) is 0.257. The zero-order valence-electron chi connectivity index (χ0n) is 13.0. The van der Waals surface area contributed by atoms with Crippen molar-refractivity contribution in [1.29, 1.82) is 0 Å². The minimum Gasteiger partial charge on any atom is -0.463 e. The first-order valence-electron chi connectivity index (χ1n) is 7.40. The van der Waals surface area contributed by atoms with Gasteiger partial charge in [0.15, 0.2) is 5.13 Å². The average molecular weight is 367 g/mol. The normalized spacial score (nSPS) is 10.9. The highest BCUT2D eigenvalue weighted by Gasteiger charge is 2.17. The number of para-hydroxylation sites is 1. The molecule has 9 heteroatoms. The van der Waals surface area contributed by atoms with Gasteiger partial charge in [-0.2, -0.15) is 0 Å². The summed E-state index contributed by atoms with van der Waals surface area (Å²) in [5, 5.41) is 13.9. The molecule has 2 heterocycles. The maximum absolute atomic E-state index is 12.4. The number of nitro benzene ring substituents is 1. The minimum absolute atomic E-state index is 0.0609. The Labute approximate surface area is 148 Å². The molecule has 0 atom stereocenters. The van der Waals surface area contributed by atoms with Gasteiger partial charge in [-0.05, 0) is 18.2 Å². The molecule has 0 saturated carbocycles. The third-order valence-corrected chi connectivity index (χ3v) is 4.66. The summed E-state index contributed by atoms with van der Waals surface area (Å²) in [6.45, 7) is 0. The fourth-order valence-corrected chi connectivity index (χ4v) is 3.37. The molecule has 0 radical (unpaired) electrons. The predicted molar refractivity (Wildman–Crippen MR) is 96.7 cm³/mol. The number of rotatable bonds is 3. The first-order chi connectivity index (χ1) is 12.5. The van der Waals surface area contributed by atoms with Crippen molar-refractivity contribution in [3.05, 3.63) is 74.6 Å². The van der Waals surface area contributed by atoms with Gasteiger partial charge in [0, 0.05) is 12.1 Å². The second-order valence-corrected chi connectivity index (χ2v) is 6.39. The summed E-state index contributed by atoms with van der Waals surface area (Å²) < 4.78 is 5.89. The van der Waals surface area contributed by atoms with Crippen LogP contribution in [-0.4, -0.2) is 15.8 Å². The topological polar surface area (TPSA) is 115 Å². The Morgan fingerprint density at radius 3 is 2.85 bits per heavy atom. The van der Waals surface area contributed by atoms with Crippen LogP contribution in [0.5, 0.6) is 0 Å². The predicted octanol–water partition coefficient (Wildman–Crippen LogP) is 3.56. The Morgan fingerprint density at radius 2 is 2.04 bits per heavy atom. The number of nitrogens with zero attached hydrogens (tertiary/aromatic N) is 2. The molecular formula is C17H9N3O5S. The summed E-state index contributed by atoms with van der Waals surface area (Å²) in [7, 11) is 0. The lowest BCUT2D eigenvalue weighted by Gasteiger charge is -2.02.